The van der Waals surface area contributed by atoms with Crippen LogP contribution in [0, 0.1) is 0 Å². The third kappa shape index (κ3) is 4.25. The summed E-state index contributed by atoms with van der Waals surface area (Å²) in [6.45, 7) is 7.37. The molecule has 19 heavy (non-hydrogen) atoms. The number of hydrogen-bond donors (Lipinski definition) is 0. The quantitative estimate of drug-likeness (QED) is 0.775. The van der Waals surface area contributed by atoms with Crippen LogP contribution in [0.25, 0.3) is 0 Å². The van der Waals surface area contributed by atoms with Gasteiger partial charge in [0, 0.05) is 29.7 Å². The lowest BCUT2D eigenvalue weighted by molar-refractivity contribution is 0.0934. The van der Waals surface area contributed by atoms with Crippen LogP contribution in [0.1, 0.15) is 24.2 Å². The number of carbonyl (C=O) groups excluding carboxylic acids is 1. The van der Waals surface area contributed by atoms with Crippen LogP contribution in [0.4, 0.5) is 0 Å². The van der Waals surface area contributed by atoms with Crippen LogP contribution < -0.4 is 4.74 Å². The second-order valence-corrected chi connectivity index (χ2v) is 6.34. The van der Waals surface area contributed by atoms with Crippen molar-refractivity contribution in [2.24, 2.45) is 0 Å². The first-order valence-electron chi connectivity index (χ1n) is 6.79. The molecule has 1 atom stereocenters. The van der Waals surface area contributed by atoms with Crippen LogP contribution in [-0.2, 0) is 0 Å². The van der Waals surface area contributed by atoms with E-state index in [2.05, 4.69) is 11.8 Å². The summed E-state index contributed by atoms with van der Waals surface area (Å²) in [6, 6.07) is 7.45. The molecule has 1 aromatic carbocycles. The Morgan fingerprint density at radius 1 is 1.42 bits per heavy atom. The summed E-state index contributed by atoms with van der Waals surface area (Å²) in [6.07, 6.45) is 0. The Hall–Kier alpha value is -1.00. The summed E-state index contributed by atoms with van der Waals surface area (Å²) >= 11 is 1.98. The summed E-state index contributed by atoms with van der Waals surface area (Å²) in [5.74, 6) is 2.14. The van der Waals surface area contributed by atoms with Gasteiger partial charge in [-0.25, -0.2) is 0 Å². The maximum atomic E-state index is 12.2. The average molecular weight is 279 g/mol. The largest absolute Gasteiger partial charge is 0.494 e. The van der Waals surface area contributed by atoms with Gasteiger partial charge in [0.2, 0.25) is 0 Å². The average Bonchev–Trinajstić information content (AvgIpc) is 2.40. The molecule has 0 aromatic heterocycles. The lowest BCUT2D eigenvalue weighted by atomic mass is 10.1. The number of thioether (sulfide) groups is 1. The molecule has 0 saturated carbocycles. The van der Waals surface area contributed by atoms with Gasteiger partial charge in [-0.3, -0.25) is 9.69 Å². The highest BCUT2D eigenvalue weighted by atomic mass is 32.2. The molecule has 1 aliphatic rings. The normalized spacial score (nSPS) is 20.2. The van der Waals surface area contributed by atoms with Crippen molar-refractivity contribution in [3.8, 4) is 5.75 Å². The fourth-order valence-electron chi connectivity index (χ4n) is 2.23. The van der Waals surface area contributed by atoms with Crippen molar-refractivity contribution >= 4 is 17.5 Å². The highest BCUT2D eigenvalue weighted by Crippen LogP contribution is 2.18. The summed E-state index contributed by atoms with van der Waals surface area (Å²) < 4.78 is 5.38. The first kappa shape index (κ1) is 14.4. The van der Waals surface area contributed by atoms with Gasteiger partial charge in [0.05, 0.1) is 13.2 Å². The molecule has 1 saturated heterocycles. The van der Waals surface area contributed by atoms with Gasteiger partial charge in [0.25, 0.3) is 0 Å². The monoisotopic (exact) mass is 279 g/mol. The van der Waals surface area contributed by atoms with Crippen molar-refractivity contribution < 1.29 is 9.53 Å². The summed E-state index contributed by atoms with van der Waals surface area (Å²) in [7, 11) is 0. The lowest BCUT2D eigenvalue weighted by Gasteiger charge is -2.29. The Balaban J connectivity index is 1.91. The SMILES string of the molecule is CCOc1ccc(C(=O)CN2CCSC(C)C2)cc1. The fraction of sp³-hybridized carbons (Fsp3) is 0.533. The van der Waals surface area contributed by atoms with Gasteiger partial charge >= 0.3 is 0 Å². The van der Waals surface area contributed by atoms with Gasteiger partial charge < -0.3 is 4.74 Å². The van der Waals surface area contributed by atoms with E-state index in [0.29, 0.717) is 18.4 Å². The second kappa shape index (κ2) is 6.96. The van der Waals surface area contributed by atoms with E-state index in [4.69, 9.17) is 4.74 Å². The predicted molar refractivity (Wildman–Crippen MR) is 80.3 cm³/mol. The van der Waals surface area contributed by atoms with Crippen LogP contribution in [-0.4, -0.2) is 47.9 Å². The Bertz CT molecular complexity index is 419. The zero-order valence-corrected chi connectivity index (χ0v) is 12.4. The number of nitrogens with zero attached hydrogens (tertiary/aromatic N) is 1. The zero-order valence-electron chi connectivity index (χ0n) is 11.6. The van der Waals surface area contributed by atoms with Crippen molar-refractivity contribution in [1.29, 1.82) is 0 Å². The molecule has 1 fully saturated rings. The summed E-state index contributed by atoms with van der Waals surface area (Å²) in [5, 5.41) is 0.627. The van der Waals surface area contributed by atoms with E-state index in [-0.39, 0.29) is 5.78 Å². The third-order valence-corrected chi connectivity index (χ3v) is 4.32. The van der Waals surface area contributed by atoms with Crippen molar-refractivity contribution in [3.63, 3.8) is 0 Å². The third-order valence-electron chi connectivity index (χ3n) is 3.18. The Morgan fingerprint density at radius 2 is 2.16 bits per heavy atom. The molecule has 2 rings (SSSR count). The van der Waals surface area contributed by atoms with Crippen LogP contribution in [0.15, 0.2) is 24.3 Å². The van der Waals surface area contributed by atoms with E-state index in [9.17, 15) is 4.79 Å². The van der Waals surface area contributed by atoms with Gasteiger partial charge in [-0.2, -0.15) is 11.8 Å². The minimum Gasteiger partial charge on any atom is -0.494 e. The number of ether oxygens (including phenoxy) is 1. The molecule has 104 valence electrons. The molecule has 1 aromatic rings. The van der Waals surface area contributed by atoms with Crippen LogP contribution in [0.5, 0.6) is 5.75 Å². The number of hydrogen-bond acceptors (Lipinski definition) is 4. The van der Waals surface area contributed by atoms with E-state index in [1.54, 1.807) is 0 Å². The number of ketones is 1. The van der Waals surface area contributed by atoms with E-state index < -0.39 is 0 Å². The van der Waals surface area contributed by atoms with E-state index in [0.717, 1.165) is 30.2 Å². The van der Waals surface area contributed by atoms with Crippen LogP contribution >= 0.6 is 11.8 Å². The van der Waals surface area contributed by atoms with Crippen molar-refractivity contribution in [2.45, 2.75) is 19.1 Å². The maximum absolute atomic E-state index is 12.2. The number of rotatable bonds is 5. The lowest BCUT2D eigenvalue weighted by Crippen LogP contribution is -2.39. The molecule has 1 aliphatic heterocycles. The topological polar surface area (TPSA) is 29.5 Å². The van der Waals surface area contributed by atoms with Crippen LogP contribution in [0.3, 0.4) is 0 Å². The molecule has 1 heterocycles. The van der Waals surface area contributed by atoms with Crippen molar-refractivity contribution in [1.82, 2.24) is 4.90 Å². The Labute approximate surface area is 119 Å². The molecular formula is C15H21NO2S. The minimum atomic E-state index is 0.196. The van der Waals surface area contributed by atoms with Crippen LogP contribution in [0.2, 0.25) is 0 Å². The molecule has 0 N–H and O–H groups in total. The second-order valence-electron chi connectivity index (χ2n) is 4.80. The molecule has 4 heteroatoms. The van der Waals surface area contributed by atoms with E-state index in [1.807, 2.05) is 43.0 Å². The highest BCUT2D eigenvalue weighted by Gasteiger charge is 2.19. The van der Waals surface area contributed by atoms with Crippen molar-refractivity contribution in [2.75, 3.05) is 32.0 Å². The molecule has 0 spiro atoms. The van der Waals surface area contributed by atoms with Gasteiger partial charge in [-0.15, -0.1) is 0 Å². The molecule has 1 unspecified atom stereocenters. The summed E-state index contributed by atoms with van der Waals surface area (Å²) in [4.78, 5) is 14.4. The molecule has 0 aliphatic carbocycles. The molecule has 3 nitrogen and oxygen atoms in total. The first-order valence-corrected chi connectivity index (χ1v) is 7.84. The minimum absolute atomic E-state index is 0.196. The standard InChI is InChI=1S/C15H21NO2S/c1-3-18-14-6-4-13(5-7-14)15(17)11-16-8-9-19-12(2)10-16/h4-7,12H,3,8-11H2,1-2H3. The maximum Gasteiger partial charge on any atom is 0.176 e. The van der Waals surface area contributed by atoms with Gasteiger partial charge in [-0.1, -0.05) is 6.92 Å². The van der Waals surface area contributed by atoms with E-state index >= 15 is 0 Å². The first-order chi connectivity index (χ1) is 9.19. The highest BCUT2D eigenvalue weighted by molar-refractivity contribution is 7.99. The molecular weight excluding hydrogens is 258 g/mol. The number of benzene rings is 1. The fourth-order valence-corrected chi connectivity index (χ4v) is 3.31. The molecule has 0 amide bonds. The van der Waals surface area contributed by atoms with Gasteiger partial charge in [0.1, 0.15) is 5.75 Å². The van der Waals surface area contributed by atoms with E-state index in [1.165, 1.54) is 0 Å². The number of Topliss-reactive ketones (excluding diaryl/α,β-unsaturated/α-hetero) is 1. The zero-order chi connectivity index (χ0) is 13.7. The summed E-state index contributed by atoms with van der Waals surface area (Å²) in [5.41, 5.74) is 0.773. The van der Waals surface area contributed by atoms with Gasteiger partial charge in [0.15, 0.2) is 5.78 Å². The Kier molecular flexibility index (Phi) is 5.28. The van der Waals surface area contributed by atoms with Crippen molar-refractivity contribution in [3.05, 3.63) is 29.8 Å². The van der Waals surface area contributed by atoms with Gasteiger partial charge in [-0.05, 0) is 31.2 Å². The molecule has 0 bridgehead atoms. The number of carbonyl (C=O) groups is 1. The Morgan fingerprint density at radius 3 is 2.79 bits per heavy atom. The predicted octanol–water partition coefficient (Wildman–Crippen LogP) is 2.71. The molecule has 0 radical (unpaired) electrons. The smallest absolute Gasteiger partial charge is 0.176 e.